The molecular weight excluding hydrogens is 340 g/mol. The first-order valence-corrected chi connectivity index (χ1v) is 9.32. The minimum atomic E-state index is -0.194. The van der Waals surface area contributed by atoms with Gasteiger partial charge in [-0.1, -0.05) is 17.7 Å². The average molecular weight is 365 g/mol. The summed E-state index contributed by atoms with van der Waals surface area (Å²) in [6, 6.07) is 7.55. The monoisotopic (exact) mass is 364 g/mol. The molecule has 0 spiro atoms. The Bertz CT molecular complexity index is 641. The van der Waals surface area contributed by atoms with E-state index in [0.29, 0.717) is 31.1 Å². The first-order chi connectivity index (χ1) is 11.9. The van der Waals surface area contributed by atoms with Gasteiger partial charge in [0.2, 0.25) is 11.8 Å². The van der Waals surface area contributed by atoms with Gasteiger partial charge in [-0.15, -0.1) is 0 Å². The normalized spacial score (nSPS) is 21.9. The molecule has 0 radical (unpaired) electrons. The number of amides is 2. The lowest BCUT2D eigenvalue weighted by Gasteiger charge is -2.33. The lowest BCUT2D eigenvalue weighted by molar-refractivity contribution is -0.137. The van der Waals surface area contributed by atoms with Gasteiger partial charge < -0.3 is 14.5 Å². The first kappa shape index (κ1) is 18.1. The highest BCUT2D eigenvalue weighted by molar-refractivity contribution is 6.30. The van der Waals surface area contributed by atoms with Crippen molar-refractivity contribution in [1.82, 2.24) is 9.80 Å². The van der Waals surface area contributed by atoms with Crippen LogP contribution in [0.25, 0.3) is 0 Å². The van der Waals surface area contributed by atoms with Crippen molar-refractivity contribution in [3.8, 4) is 5.75 Å². The number of rotatable bonds is 4. The van der Waals surface area contributed by atoms with Crippen molar-refractivity contribution in [1.29, 1.82) is 0 Å². The number of carbonyl (C=O) groups excluding carboxylic acids is 2. The molecule has 0 N–H and O–H groups in total. The molecule has 0 aromatic heterocycles. The molecule has 1 aromatic rings. The molecule has 1 atom stereocenters. The average Bonchev–Trinajstić information content (AvgIpc) is 2.97. The summed E-state index contributed by atoms with van der Waals surface area (Å²) in [7, 11) is 0. The smallest absolute Gasteiger partial charge is 0.227 e. The zero-order valence-electron chi connectivity index (χ0n) is 14.8. The maximum atomic E-state index is 12.7. The van der Waals surface area contributed by atoms with Gasteiger partial charge in [0.15, 0.2) is 0 Å². The molecule has 2 heterocycles. The summed E-state index contributed by atoms with van der Waals surface area (Å²) >= 11 is 5.98. The van der Waals surface area contributed by atoms with E-state index in [-0.39, 0.29) is 29.9 Å². The number of hydrogen-bond acceptors (Lipinski definition) is 3. The molecule has 136 valence electrons. The molecule has 2 amide bonds. The molecule has 2 saturated heterocycles. The Balaban J connectivity index is 1.50. The Labute approximate surface area is 153 Å². The van der Waals surface area contributed by atoms with Gasteiger partial charge in [-0.05, 0) is 32.0 Å². The van der Waals surface area contributed by atoms with Crippen LogP contribution >= 0.6 is 11.6 Å². The molecule has 1 aromatic carbocycles. The van der Waals surface area contributed by atoms with E-state index in [9.17, 15) is 9.59 Å². The van der Waals surface area contributed by atoms with E-state index in [1.807, 2.05) is 43.0 Å². The molecule has 6 heteroatoms. The maximum Gasteiger partial charge on any atom is 0.227 e. The first-order valence-electron chi connectivity index (χ1n) is 8.94. The third-order valence-electron chi connectivity index (χ3n) is 4.98. The molecule has 0 bridgehead atoms. The lowest BCUT2D eigenvalue weighted by Crippen LogP contribution is -2.45. The number of hydrogen-bond donors (Lipinski definition) is 0. The van der Waals surface area contributed by atoms with Crippen LogP contribution < -0.4 is 4.74 Å². The topological polar surface area (TPSA) is 49.9 Å². The minimum absolute atomic E-state index is 0.0903. The molecule has 2 aliphatic heterocycles. The zero-order chi connectivity index (χ0) is 18.0. The summed E-state index contributed by atoms with van der Waals surface area (Å²) in [6.45, 7) is 5.88. The highest BCUT2D eigenvalue weighted by Gasteiger charge is 2.38. The van der Waals surface area contributed by atoms with Crippen LogP contribution in [0.3, 0.4) is 0 Å². The third kappa shape index (κ3) is 4.27. The number of piperidine rings is 1. The van der Waals surface area contributed by atoms with Crippen LogP contribution in [0, 0.1) is 5.92 Å². The van der Waals surface area contributed by atoms with Crippen molar-refractivity contribution in [2.45, 2.75) is 45.3 Å². The lowest BCUT2D eigenvalue weighted by atomic mass is 10.0. The predicted octanol–water partition coefficient (Wildman–Crippen LogP) is 2.97. The van der Waals surface area contributed by atoms with Crippen molar-refractivity contribution in [2.24, 2.45) is 5.92 Å². The largest absolute Gasteiger partial charge is 0.490 e. The molecule has 5 nitrogen and oxygen atoms in total. The Morgan fingerprint density at radius 2 is 2.00 bits per heavy atom. The van der Waals surface area contributed by atoms with E-state index in [4.69, 9.17) is 16.3 Å². The fourth-order valence-electron chi connectivity index (χ4n) is 3.58. The van der Waals surface area contributed by atoms with Crippen LogP contribution in [0.1, 0.15) is 33.1 Å². The number of halogens is 1. The van der Waals surface area contributed by atoms with Gasteiger partial charge in [0, 0.05) is 50.0 Å². The van der Waals surface area contributed by atoms with Gasteiger partial charge in [-0.2, -0.15) is 0 Å². The van der Waals surface area contributed by atoms with Gasteiger partial charge in [-0.25, -0.2) is 0 Å². The van der Waals surface area contributed by atoms with E-state index < -0.39 is 0 Å². The summed E-state index contributed by atoms with van der Waals surface area (Å²) in [5.41, 5.74) is 0. The fourth-order valence-corrected chi connectivity index (χ4v) is 3.76. The number of carbonyl (C=O) groups is 2. The van der Waals surface area contributed by atoms with Gasteiger partial charge in [0.05, 0.1) is 5.92 Å². The second kappa shape index (κ2) is 7.65. The minimum Gasteiger partial charge on any atom is -0.490 e. The Kier molecular flexibility index (Phi) is 5.52. The summed E-state index contributed by atoms with van der Waals surface area (Å²) in [5.74, 6) is 0.775. The van der Waals surface area contributed by atoms with Crippen LogP contribution in [-0.2, 0) is 9.59 Å². The summed E-state index contributed by atoms with van der Waals surface area (Å²) < 4.78 is 5.97. The number of likely N-dealkylation sites (tertiary alicyclic amines) is 2. The maximum absolute atomic E-state index is 12.7. The number of ether oxygens (including phenoxy) is 1. The predicted molar refractivity (Wildman–Crippen MR) is 96.6 cm³/mol. The Morgan fingerprint density at radius 1 is 1.28 bits per heavy atom. The van der Waals surface area contributed by atoms with Crippen molar-refractivity contribution < 1.29 is 14.3 Å². The third-order valence-corrected chi connectivity index (χ3v) is 5.22. The summed E-state index contributed by atoms with van der Waals surface area (Å²) in [6.07, 6.45) is 2.04. The van der Waals surface area contributed by atoms with E-state index in [0.717, 1.165) is 18.6 Å². The van der Waals surface area contributed by atoms with Crippen molar-refractivity contribution in [3.63, 3.8) is 0 Å². The molecule has 3 rings (SSSR count). The van der Waals surface area contributed by atoms with Gasteiger partial charge in [-0.3, -0.25) is 9.59 Å². The van der Waals surface area contributed by atoms with Gasteiger partial charge >= 0.3 is 0 Å². The Morgan fingerprint density at radius 3 is 2.60 bits per heavy atom. The molecule has 0 aliphatic carbocycles. The fraction of sp³-hybridized carbons (Fsp3) is 0.579. The quantitative estimate of drug-likeness (QED) is 0.825. The van der Waals surface area contributed by atoms with Crippen LogP contribution in [0.15, 0.2) is 24.3 Å². The van der Waals surface area contributed by atoms with E-state index in [1.165, 1.54) is 0 Å². The molecule has 2 aliphatic rings. The summed E-state index contributed by atoms with van der Waals surface area (Å²) in [4.78, 5) is 28.4. The molecule has 2 fully saturated rings. The second-order valence-corrected chi connectivity index (χ2v) is 7.58. The standard InChI is InChI=1S/C19H25ClN2O3/c1-13(2)22-12-14(10-18(22)23)19(24)21-8-6-16(7-9-21)25-17-5-3-4-15(20)11-17/h3-5,11,13-14,16H,6-10,12H2,1-2H3/t14-/m1/s1. The number of benzene rings is 1. The highest BCUT2D eigenvalue weighted by atomic mass is 35.5. The Hall–Kier alpha value is -1.75. The van der Waals surface area contributed by atoms with Crippen molar-refractivity contribution in [3.05, 3.63) is 29.3 Å². The highest BCUT2D eigenvalue weighted by Crippen LogP contribution is 2.26. The van der Waals surface area contributed by atoms with Crippen molar-refractivity contribution >= 4 is 23.4 Å². The van der Waals surface area contributed by atoms with Crippen molar-refractivity contribution in [2.75, 3.05) is 19.6 Å². The SMILES string of the molecule is CC(C)N1C[C@H](C(=O)N2CCC(Oc3cccc(Cl)c3)CC2)CC1=O. The molecule has 0 unspecified atom stereocenters. The van der Waals surface area contributed by atoms with Crippen LogP contribution in [-0.4, -0.2) is 53.4 Å². The van der Waals surface area contributed by atoms with E-state index >= 15 is 0 Å². The van der Waals surface area contributed by atoms with E-state index in [2.05, 4.69) is 0 Å². The van der Waals surface area contributed by atoms with Crippen LogP contribution in [0.5, 0.6) is 5.75 Å². The van der Waals surface area contributed by atoms with Gasteiger partial charge in [0.25, 0.3) is 0 Å². The van der Waals surface area contributed by atoms with Crippen LogP contribution in [0.2, 0.25) is 5.02 Å². The second-order valence-electron chi connectivity index (χ2n) is 7.14. The van der Waals surface area contributed by atoms with E-state index in [1.54, 1.807) is 4.90 Å². The summed E-state index contributed by atoms with van der Waals surface area (Å²) in [5, 5.41) is 0.658. The number of nitrogens with zero attached hydrogens (tertiary/aromatic N) is 2. The van der Waals surface area contributed by atoms with Gasteiger partial charge in [0.1, 0.15) is 11.9 Å². The molecule has 25 heavy (non-hydrogen) atoms. The molecule has 0 saturated carbocycles. The zero-order valence-corrected chi connectivity index (χ0v) is 15.5. The van der Waals surface area contributed by atoms with Crippen LogP contribution in [0.4, 0.5) is 0 Å². The molecular formula is C19H25ClN2O3.